The highest BCUT2D eigenvalue weighted by Crippen LogP contribution is 2.14. The van der Waals surface area contributed by atoms with E-state index < -0.39 is 0 Å². The van der Waals surface area contributed by atoms with Gasteiger partial charge in [0.05, 0.1) is 0 Å². The number of aryl methyl sites for hydroxylation is 1. The Morgan fingerprint density at radius 2 is 1.70 bits per heavy atom. The van der Waals surface area contributed by atoms with Crippen LogP contribution in [0, 0.1) is 6.92 Å². The van der Waals surface area contributed by atoms with Gasteiger partial charge in [0.15, 0.2) is 15.6 Å². The third-order valence-electron chi connectivity index (χ3n) is 1.35. The van der Waals surface area contributed by atoms with Crippen molar-refractivity contribution in [1.29, 1.82) is 0 Å². The Morgan fingerprint density at radius 3 is 2.10 bits per heavy atom. The largest absolute Gasteiger partial charge is 0.182 e. The van der Waals surface area contributed by atoms with Crippen LogP contribution in [-0.2, 0) is 10.1 Å². The molecule has 1 rings (SSSR count). The van der Waals surface area contributed by atoms with Gasteiger partial charge in [0.25, 0.3) is 0 Å². The monoisotopic (exact) mass is 173 g/mol. The van der Waals surface area contributed by atoms with Gasteiger partial charge in [-0.2, -0.15) is 0 Å². The van der Waals surface area contributed by atoms with Crippen molar-refractivity contribution in [3.8, 4) is 0 Å². The smallest absolute Gasteiger partial charge is 0.0543 e. The van der Waals surface area contributed by atoms with E-state index in [1.54, 1.807) is 0 Å². The van der Waals surface area contributed by atoms with Gasteiger partial charge in [0, 0.05) is 0 Å². The third kappa shape index (κ3) is 1.93. The van der Waals surface area contributed by atoms with Crippen LogP contribution in [-0.4, -0.2) is 6.26 Å². The van der Waals surface area contributed by atoms with Crippen molar-refractivity contribution < 1.29 is 0 Å². The molecule has 2 heteroatoms. The van der Waals surface area contributed by atoms with Crippen molar-refractivity contribution in [2.75, 3.05) is 6.26 Å². The summed E-state index contributed by atoms with van der Waals surface area (Å²) in [6.45, 7) is 2.08. The SMILES string of the molecule is Cc1ccc([S+](C)Cl)cc1. The fraction of sp³-hybridized carbons (Fsp3) is 0.250. The third-order valence-corrected chi connectivity index (χ3v) is 2.80. The van der Waals surface area contributed by atoms with Gasteiger partial charge in [-0.3, -0.25) is 0 Å². The minimum absolute atomic E-state index is 0.115. The number of hydrogen-bond donors (Lipinski definition) is 0. The first-order chi connectivity index (χ1) is 4.70. The Kier molecular flexibility index (Phi) is 2.64. The molecule has 1 unspecified atom stereocenters. The topological polar surface area (TPSA) is 0 Å². The van der Waals surface area contributed by atoms with Crippen LogP contribution in [0.3, 0.4) is 0 Å². The van der Waals surface area contributed by atoms with Crippen LogP contribution in [0.25, 0.3) is 0 Å². The van der Waals surface area contributed by atoms with E-state index >= 15 is 0 Å². The lowest BCUT2D eigenvalue weighted by Gasteiger charge is -1.92. The summed E-state index contributed by atoms with van der Waals surface area (Å²) in [5, 5.41) is 0. The maximum absolute atomic E-state index is 5.88. The Hall–Kier alpha value is -0.140. The van der Waals surface area contributed by atoms with Crippen molar-refractivity contribution in [2.24, 2.45) is 0 Å². The van der Waals surface area contributed by atoms with E-state index in [0.717, 1.165) is 0 Å². The van der Waals surface area contributed by atoms with Crippen LogP contribution in [0.4, 0.5) is 0 Å². The molecule has 0 amide bonds. The van der Waals surface area contributed by atoms with Crippen molar-refractivity contribution in [2.45, 2.75) is 11.8 Å². The van der Waals surface area contributed by atoms with Gasteiger partial charge in [-0.15, -0.1) is 0 Å². The Morgan fingerprint density at radius 1 is 1.20 bits per heavy atom. The lowest BCUT2D eigenvalue weighted by atomic mass is 10.2. The maximum Gasteiger partial charge on any atom is 0.182 e. The molecule has 0 aliphatic carbocycles. The van der Waals surface area contributed by atoms with Crippen molar-refractivity contribution in [1.82, 2.24) is 0 Å². The summed E-state index contributed by atoms with van der Waals surface area (Å²) in [4.78, 5) is 1.22. The molecule has 1 aromatic carbocycles. The van der Waals surface area contributed by atoms with Crippen molar-refractivity contribution in [3.05, 3.63) is 29.8 Å². The first kappa shape index (κ1) is 7.96. The summed E-state index contributed by atoms with van der Waals surface area (Å²) >= 11 is 0. The molecule has 1 aromatic rings. The van der Waals surface area contributed by atoms with E-state index in [-0.39, 0.29) is 10.1 Å². The predicted molar refractivity (Wildman–Crippen MR) is 48.6 cm³/mol. The molecule has 0 N–H and O–H groups in total. The maximum atomic E-state index is 5.88. The number of benzene rings is 1. The van der Waals surface area contributed by atoms with Gasteiger partial charge in [-0.1, -0.05) is 17.7 Å². The van der Waals surface area contributed by atoms with Gasteiger partial charge >= 0.3 is 0 Å². The summed E-state index contributed by atoms with van der Waals surface area (Å²) in [7, 11) is 5.77. The van der Waals surface area contributed by atoms with Crippen LogP contribution in [0.5, 0.6) is 0 Å². The standard InChI is InChI=1S/C8H10ClS/c1-7-3-5-8(6-4-7)10(2)9/h3-6H,1-2H3/q+1. The second-order valence-electron chi connectivity index (χ2n) is 2.25. The van der Waals surface area contributed by atoms with Gasteiger partial charge < -0.3 is 0 Å². The molecular weight excluding hydrogens is 164 g/mol. The molecule has 0 bridgehead atoms. The van der Waals surface area contributed by atoms with E-state index in [9.17, 15) is 0 Å². The second kappa shape index (κ2) is 3.31. The fourth-order valence-corrected chi connectivity index (χ4v) is 1.55. The minimum atomic E-state index is -0.115. The molecule has 10 heavy (non-hydrogen) atoms. The van der Waals surface area contributed by atoms with Crippen LogP contribution >= 0.6 is 10.7 Å². The summed E-state index contributed by atoms with van der Waals surface area (Å²) in [5.41, 5.74) is 1.28. The lowest BCUT2D eigenvalue weighted by molar-refractivity contribution is 1.38. The molecule has 0 heterocycles. The highest BCUT2D eigenvalue weighted by atomic mass is 35.7. The fourth-order valence-electron chi connectivity index (χ4n) is 0.726. The molecule has 0 aromatic heterocycles. The van der Waals surface area contributed by atoms with Gasteiger partial charge in [0.2, 0.25) is 0 Å². The van der Waals surface area contributed by atoms with E-state index in [2.05, 4.69) is 31.2 Å². The normalized spacial score (nSPS) is 13.1. The van der Waals surface area contributed by atoms with Crippen LogP contribution in [0.1, 0.15) is 5.56 Å². The molecule has 0 saturated heterocycles. The Balaban J connectivity index is 2.89. The van der Waals surface area contributed by atoms with Gasteiger partial charge in [-0.05, 0) is 19.1 Å². The van der Waals surface area contributed by atoms with E-state index in [1.165, 1.54) is 10.5 Å². The quantitative estimate of drug-likeness (QED) is 0.573. The molecule has 0 radical (unpaired) electrons. The molecule has 0 nitrogen and oxygen atoms in total. The zero-order valence-electron chi connectivity index (χ0n) is 6.10. The Labute approximate surface area is 69.1 Å². The molecule has 0 aliphatic rings. The molecule has 0 saturated carbocycles. The first-order valence-electron chi connectivity index (χ1n) is 3.09. The average Bonchev–Trinajstić information content (AvgIpc) is 1.88. The van der Waals surface area contributed by atoms with Crippen LogP contribution in [0.2, 0.25) is 0 Å². The highest BCUT2D eigenvalue weighted by Gasteiger charge is 2.09. The summed E-state index contributed by atoms with van der Waals surface area (Å²) in [5.74, 6) is 0. The predicted octanol–water partition coefficient (Wildman–Crippen LogP) is 2.76. The molecule has 1 atom stereocenters. The number of hydrogen-bond acceptors (Lipinski definition) is 0. The summed E-state index contributed by atoms with van der Waals surface area (Å²) in [6, 6.07) is 8.32. The van der Waals surface area contributed by atoms with Crippen molar-refractivity contribution >= 4 is 20.8 Å². The molecule has 0 fully saturated rings. The molecular formula is C8H10ClS+. The first-order valence-corrected chi connectivity index (χ1v) is 5.55. The molecule has 0 spiro atoms. The van der Waals surface area contributed by atoms with Gasteiger partial charge in [0.1, 0.15) is 16.4 Å². The van der Waals surface area contributed by atoms with Gasteiger partial charge in [-0.25, -0.2) is 0 Å². The second-order valence-corrected chi connectivity index (χ2v) is 4.98. The van der Waals surface area contributed by atoms with Crippen LogP contribution in [0.15, 0.2) is 29.2 Å². The lowest BCUT2D eigenvalue weighted by Crippen LogP contribution is -1.87. The summed E-state index contributed by atoms with van der Waals surface area (Å²) < 4.78 is 0. The van der Waals surface area contributed by atoms with E-state index in [4.69, 9.17) is 10.7 Å². The zero-order valence-corrected chi connectivity index (χ0v) is 7.67. The van der Waals surface area contributed by atoms with Crippen molar-refractivity contribution in [3.63, 3.8) is 0 Å². The number of rotatable bonds is 1. The Bertz CT molecular complexity index is 203. The summed E-state index contributed by atoms with van der Waals surface area (Å²) in [6.07, 6.45) is 2.01. The minimum Gasteiger partial charge on any atom is -0.0543 e. The van der Waals surface area contributed by atoms with E-state index in [1.807, 2.05) is 6.26 Å². The van der Waals surface area contributed by atoms with E-state index in [0.29, 0.717) is 0 Å². The highest BCUT2D eigenvalue weighted by molar-refractivity contribution is 8.17. The average molecular weight is 174 g/mol. The number of halogens is 1. The zero-order chi connectivity index (χ0) is 7.56. The molecule has 0 aliphatic heterocycles. The molecule has 54 valence electrons. The van der Waals surface area contributed by atoms with Crippen LogP contribution < -0.4 is 0 Å².